The number of hydrogen-bond donors (Lipinski definition) is 1. The summed E-state index contributed by atoms with van der Waals surface area (Å²) in [5.74, 6) is 1.45. The number of aromatic amines is 1. The fourth-order valence-corrected chi connectivity index (χ4v) is 4.22. The third-order valence-electron chi connectivity index (χ3n) is 4.66. The Bertz CT molecular complexity index is 745. The van der Waals surface area contributed by atoms with Crippen LogP contribution >= 0.6 is 23.2 Å². The molecule has 2 fully saturated rings. The van der Waals surface area contributed by atoms with Crippen molar-refractivity contribution in [3.05, 3.63) is 28.0 Å². The van der Waals surface area contributed by atoms with Crippen molar-refractivity contribution in [2.45, 2.75) is 0 Å². The van der Waals surface area contributed by atoms with Gasteiger partial charge in [-0.25, -0.2) is 4.98 Å². The summed E-state index contributed by atoms with van der Waals surface area (Å²) in [6, 6.07) is 3.37. The molecule has 0 spiro atoms. The number of hydrogen-bond acceptors (Lipinski definition) is 3. The minimum atomic E-state index is -0.0551. The summed E-state index contributed by atoms with van der Waals surface area (Å²) in [5.41, 5.74) is 1.29. The summed E-state index contributed by atoms with van der Waals surface area (Å²) in [5, 5.41) is 0.983. The van der Waals surface area contributed by atoms with Gasteiger partial charge < -0.3 is 14.8 Å². The number of halogens is 2. The van der Waals surface area contributed by atoms with Gasteiger partial charge in [0.2, 0.25) is 0 Å². The van der Waals surface area contributed by atoms with Gasteiger partial charge in [-0.2, -0.15) is 0 Å². The number of amides is 1. The van der Waals surface area contributed by atoms with E-state index in [-0.39, 0.29) is 5.91 Å². The molecule has 0 aliphatic carbocycles. The van der Waals surface area contributed by atoms with Crippen LogP contribution in [0.1, 0.15) is 10.6 Å². The van der Waals surface area contributed by atoms with E-state index in [1.165, 1.54) is 0 Å². The normalized spacial score (nSPS) is 25.1. The van der Waals surface area contributed by atoms with E-state index in [4.69, 9.17) is 23.2 Å². The fourth-order valence-electron chi connectivity index (χ4n) is 3.69. The van der Waals surface area contributed by atoms with E-state index >= 15 is 0 Å². The molecule has 3 heterocycles. The van der Waals surface area contributed by atoms with E-state index in [2.05, 4.69) is 21.9 Å². The summed E-state index contributed by atoms with van der Waals surface area (Å²) < 4.78 is 0. The van der Waals surface area contributed by atoms with E-state index in [9.17, 15) is 4.79 Å². The Labute approximate surface area is 138 Å². The Morgan fingerprint density at radius 1 is 1.23 bits per heavy atom. The van der Waals surface area contributed by atoms with Gasteiger partial charge in [0.15, 0.2) is 5.82 Å². The molecule has 116 valence electrons. The Balaban J connectivity index is 1.60. The van der Waals surface area contributed by atoms with Gasteiger partial charge in [0.1, 0.15) is 5.52 Å². The first-order chi connectivity index (χ1) is 10.5. The number of aromatic nitrogens is 2. The van der Waals surface area contributed by atoms with E-state index in [0.29, 0.717) is 38.7 Å². The third-order valence-corrected chi connectivity index (χ3v) is 5.17. The maximum absolute atomic E-state index is 12.7. The second-order valence-corrected chi connectivity index (χ2v) is 7.16. The standard InChI is InChI=1S/C15H16Cl2N4O/c1-20-4-8-6-21(7-9(8)5-20)15(22)14-18-12-3-10(16)2-11(17)13(12)19-14/h2-3,8-9H,4-7H2,1H3,(H,18,19)/t8-,9+. The number of carbonyl (C=O) groups is 1. The van der Waals surface area contributed by atoms with Gasteiger partial charge in [-0.15, -0.1) is 0 Å². The largest absolute Gasteiger partial charge is 0.335 e. The van der Waals surface area contributed by atoms with Crippen molar-refractivity contribution in [1.82, 2.24) is 19.8 Å². The molecule has 2 atom stereocenters. The van der Waals surface area contributed by atoms with Crippen LogP contribution in [0.3, 0.4) is 0 Å². The summed E-state index contributed by atoms with van der Waals surface area (Å²) in [4.78, 5) is 24.3. The zero-order valence-electron chi connectivity index (χ0n) is 12.1. The fraction of sp³-hybridized carbons (Fsp3) is 0.467. The van der Waals surface area contributed by atoms with E-state index < -0.39 is 0 Å². The van der Waals surface area contributed by atoms with Crippen molar-refractivity contribution < 1.29 is 4.79 Å². The van der Waals surface area contributed by atoms with Crippen LogP contribution in [-0.2, 0) is 0 Å². The van der Waals surface area contributed by atoms with Crippen LogP contribution < -0.4 is 0 Å². The Morgan fingerprint density at radius 2 is 1.91 bits per heavy atom. The Morgan fingerprint density at radius 3 is 2.59 bits per heavy atom. The molecule has 2 aliphatic heterocycles. The summed E-state index contributed by atoms with van der Waals surface area (Å²) in [6.45, 7) is 3.74. The minimum absolute atomic E-state index is 0.0551. The van der Waals surface area contributed by atoms with Crippen molar-refractivity contribution in [2.24, 2.45) is 11.8 Å². The molecule has 1 aromatic carbocycles. The second kappa shape index (κ2) is 5.11. The molecular weight excluding hydrogens is 323 g/mol. The number of benzene rings is 1. The summed E-state index contributed by atoms with van der Waals surface area (Å²) in [6.07, 6.45) is 0. The number of carbonyl (C=O) groups excluding carboxylic acids is 1. The topological polar surface area (TPSA) is 52.2 Å². The smallest absolute Gasteiger partial charge is 0.289 e. The van der Waals surface area contributed by atoms with Crippen LogP contribution in [0, 0.1) is 11.8 Å². The van der Waals surface area contributed by atoms with Crippen LogP contribution in [0.2, 0.25) is 10.0 Å². The average Bonchev–Trinajstić information content (AvgIpc) is 3.09. The first kappa shape index (κ1) is 14.3. The highest BCUT2D eigenvalue weighted by Gasteiger charge is 2.41. The van der Waals surface area contributed by atoms with Crippen LogP contribution in [0.25, 0.3) is 11.0 Å². The number of nitrogens with zero attached hydrogens (tertiary/aromatic N) is 3. The zero-order valence-corrected chi connectivity index (χ0v) is 13.7. The molecule has 0 radical (unpaired) electrons. The molecule has 5 nitrogen and oxygen atoms in total. The van der Waals surface area contributed by atoms with Gasteiger partial charge in [-0.05, 0) is 31.0 Å². The van der Waals surface area contributed by atoms with Crippen LogP contribution in [-0.4, -0.2) is 58.9 Å². The molecule has 2 saturated heterocycles. The number of likely N-dealkylation sites (tertiary alicyclic amines) is 2. The van der Waals surface area contributed by atoms with Gasteiger partial charge in [0.05, 0.1) is 10.5 Å². The monoisotopic (exact) mass is 338 g/mol. The van der Waals surface area contributed by atoms with Gasteiger partial charge >= 0.3 is 0 Å². The van der Waals surface area contributed by atoms with Gasteiger partial charge in [-0.1, -0.05) is 23.2 Å². The molecule has 1 aromatic heterocycles. The van der Waals surface area contributed by atoms with Gasteiger partial charge in [-0.3, -0.25) is 4.79 Å². The first-order valence-corrected chi connectivity index (χ1v) is 8.09. The molecule has 22 heavy (non-hydrogen) atoms. The average molecular weight is 339 g/mol. The second-order valence-electron chi connectivity index (χ2n) is 6.32. The maximum atomic E-state index is 12.7. The number of imidazole rings is 1. The lowest BCUT2D eigenvalue weighted by Gasteiger charge is -2.18. The number of rotatable bonds is 1. The molecule has 1 N–H and O–H groups in total. The molecule has 0 saturated carbocycles. The maximum Gasteiger partial charge on any atom is 0.289 e. The van der Waals surface area contributed by atoms with Crippen LogP contribution in [0.5, 0.6) is 0 Å². The third kappa shape index (κ3) is 2.28. The molecular formula is C15H16Cl2N4O. The summed E-state index contributed by atoms with van der Waals surface area (Å²) >= 11 is 12.1. The van der Waals surface area contributed by atoms with Gasteiger partial charge in [0.25, 0.3) is 5.91 Å². The highest BCUT2D eigenvalue weighted by atomic mass is 35.5. The van der Waals surface area contributed by atoms with Crippen molar-refractivity contribution in [1.29, 1.82) is 0 Å². The van der Waals surface area contributed by atoms with Crippen LogP contribution in [0.4, 0.5) is 0 Å². The number of fused-ring (bicyclic) bond motifs is 2. The zero-order chi connectivity index (χ0) is 15.4. The molecule has 7 heteroatoms. The highest BCUT2D eigenvalue weighted by molar-refractivity contribution is 6.38. The van der Waals surface area contributed by atoms with Crippen LogP contribution in [0.15, 0.2) is 12.1 Å². The van der Waals surface area contributed by atoms with Crippen molar-refractivity contribution in [3.63, 3.8) is 0 Å². The molecule has 1 amide bonds. The van der Waals surface area contributed by atoms with Crippen molar-refractivity contribution in [2.75, 3.05) is 33.2 Å². The molecule has 2 aliphatic rings. The lowest BCUT2D eigenvalue weighted by Crippen LogP contribution is -2.32. The summed E-state index contributed by atoms with van der Waals surface area (Å²) in [7, 11) is 2.13. The molecule has 4 rings (SSSR count). The molecule has 2 aromatic rings. The predicted molar refractivity (Wildman–Crippen MR) is 86.5 cm³/mol. The number of nitrogens with one attached hydrogen (secondary N) is 1. The highest BCUT2D eigenvalue weighted by Crippen LogP contribution is 2.31. The Kier molecular flexibility index (Phi) is 3.33. The van der Waals surface area contributed by atoms with Crippen molar-refractivity contribution >= 4 is 40.1 Å². The lowest BCUT2D eigenvalue weighted by molar-refractivity contribution is 0.0765. The SMILES string of the molecule is CN1C[C@@H]2CN(C(=O)c3nc4c(Cl)cc(Cl)cc4[nH]3)C[C@@H]2C1. The first-order valence-electron chi connectivity index (χ1n) is 7.34. The van der Waals surface area contributed by atoms with E-state index in [1.54, 1.807) is 12.1 Å². The molecule has 0 bridgehead atoms. The van der Waals surface area contributed by atoms with E-state index in [1.807, 2.05) is 4.90 Å². The van der Waals surface area contributed by atoms with Crippen molar-refractivity contribution in [3.8, 4) is 0 Å². The van der Waals surface area contributed by atoms with Gasteiger partial charge in [0, 0.05) is 31.2 Å². The Hall–Kier alpha value is -1.30. The minimum Gasteiger partial charge on any atom is -0.335 e. The quantitative estimate of drug-likeness (QED) is 0.869. The molecule has 0 unspecified atom stereocenters. The number of H-pyrrole nitrogens is 1. The lowest BCUT2D eigenvalue weighted by atomic mass is 10.0. The predicted octanol–water partition coefficient (Wildman–Crippen LogP) is 2.50. The van der Waals surface area contributed by atoms with E-state index in [0.717, 1.165) is 26.2 Å².